The first-order valence-corrected chi connectivity index (χ1v) is 3.04. The summed E-state index contributed by atoms with van der Waals surface area (Å²) in [6, 6.07) is 4.03. The van der Waals surface area contributed by atoms with Gasteiger partial charge in [0.15, 0.2) is 5.34 Å². The van der Waals surface area contributed by atoms with Gasteiger partial charge in [-0.2, -0.15) is 10.5 Å². The molecule has 0 unspecified atom stereocenters. The summed E-state index contributed by atoms with van der Waals surface area (Å²) >= 11 is 0. The molecule has 0 fully saturated rings. The summed E-state index contributed by atoms with van der Waals surface area (Å²) in [5, 5.41) is 24.0. The van der Waals surface area contributed by atoms with Crippen molar-refractivity contribution in [3.05, 3.63) is 4.91 Å². The number of rotatable bonds is 3. The van der Waals surface area contributed by atoms with Crippen LogP contribution in [0.15, 0.2) is 5.34 Å². The van der Waals surface area contributed by atoms with Gasteiger partial charge >= 0.3 is 0 Å². The molecule has 0 atom stereocenters. The Morgan fingerprint density at radius 1 is 1.18 bits per heavy atom. The van der Waals surface area contributed by atoms with E-state index in [2.05, 4.69) is 0 Å². The predicted molar refractivity (Wildman–Crippen MR) is 37.3 cm³/mol. The first kappa shape index (κ1) is 12.1. The van der Waals surface area contributed by atoms with Crippen molar-refractivity contribution >= 4 is 0 Å². The molecular weight excluding hydrogens is 146 g/mol. The molecule has 5 nitrogen and oxygen atoms in total. The van der Waals surface area contributed by atoms with Crippen LogP contribution < -0.4 is 0 Å². The molecule has 0 aromatic rings. The monoisotopic (exact) mass is 155 g/mol. The molecule has 0 bridgehead atoms. The first-order chi connectivity index (χ1) is 5.33. The van der Waals surface area contributed by atoms with E-state index in [0.29, 0.717) is 12.8 Å². The third-order valence-corrected chi connectivity index (χ3v) is 0.827. The molecular formula is C6H9N3O2. The molecule has 11 heavy (non-hydrogen) atoms. The highest BCUT2D eigenvalue weighted by Gasteiger charge is 1.83. The van der Waals surface area contributed by atoms with Crippen LogP contribution in [-0.2, 0) is 0 Å². The van der Waals surface area contributed by atoms with E-state index < -0.39 is 0 Å². The van der Waals surface area contributed by atoms with Crippen LogP contribution in [0.3, 0.4) is 0 Å². The van der Waals surface area contributed by atoms with Gasteiger partial charge in [-0.15, -0.1) is 4.91 Å². The van der Waals surface area contributed by atoms with Crippen LogP contribution in [0.1, 0.15) is 25.7 Å². The molecule has 0 aromatic carbocycles. The molecule has 0 aromatic heterocycles. The van der Waals surface area contributed by atoms with Gasteiger partial charge in [0.05, 0.1) is 12.1 Å². The number of nitrogens with zero attached hydrogens (tertiary/aromatic N) is 3. The Balaban J connectivity index is 0. The average molecular weight is 155 g/mol. The molecule has 0 amide bonds. The molecule has 1 N–H and O–H groups in total. The summed E-state index contributed by atoms with van der Waals surface area (Å²) in [6.07, 6.45) is 2.90. The van der Waals surface area contributed by atoms with Crippen molar-refractivity contribution in [3.8, 4) is 12.1 Å². The molecule has 0 saturated carbocycles. The lowest BCUT2D eigenvalue weighted by molar-refractivity contribution is 0.312. The molecule has 5 heteroatoms. The standard InChI is InChI=1S/C6H8N2.HNO2/c7-5-3-1-2-4-6-8;2-1-3/h1-4H2;(H,2,3). The van der Waals surface area contributed by atoms with E-state index in [0.717, 1.165) is 12.8 Å². The van der Waals surface area contributed by atoms with E-state index in [4.69, 9.17) is 20.6 Å². The van der Waals surface area contributed by atoms with Gasteiger partial charge in [0.1, 0.15) is 0 Å². The second-order valence-corrected chi connectivity index (χ2v) is 1.60. The Hall–Kier alpha value is -1.62. The van der Waals surface area contributed by atoms with E-state index >= 15 is 0 Å². The molecule has 0 aliphatic rings. The van der Waals surface area contributed by atoms with E-state index in [1.54, 1.807) is 0 Å². The lowest BCUT2D eigenvalue weighted by Crippen LogP contribution is -1.70. The van der Waals surface area contributed by atoms with E-state index in [1.807, 2.05) is 12.1 Å². The van der Waals surface area contributed by atoms with Crippen LogP contribution in [0, 0.1) is 27.6 Å². The smallest absolute Gasteiger partial charge is 0.152 e. The summed E-state index contributed by atoms with van der Waals surface area (Å²) in [6.45, 7) is 0. The van der Waals surface area contributed by atoms with E-state index in [-0.39, 0.29) is 0 Å². The summed E-state index contributed by atoms with van der Waals surface area (Å²) in [7, 11) is 0. The lowest BCUT2D eigenvalue weighted by atomic mass is 10.2. The quantitative estimate of drug-likeness (QED) is 0.381. The minimum absolute atomic E-state index is 0.585. The molecule has 0 radical (unpaired) electrons. The molecule has 0 spiro atoms. The minimum Gasteiger partial charge on any atom is -0.379 e. The summed E-state index contributed by atoms with van der Waals surface area (Å²) in [5.41, 5.74) is 0. The highest BCUT2D eigenvalue weighted by Crippen LogP contribution is 1.95. The fourth-order valence-corrected chi connectivity index (χ4v) is 0.408. The van der Waals surface area contributed by atoms with Crippen LogP contribution in [0.4, 0.5) is 0 Å². The normalized spacial score (nSPS) is 6.36. The SMILES string of the molecule is N#CCCCCC#N.O=NO. The number of unbranched alkanes of at least 4 members (excludes halogenated alkanes) is 3. The van der Waals surface area contributed by atoms with Crippen molar-refractivity contribution in [1.82, 2.24) is 0 Å². The summed E-state index contributed by atoms with van der Waals surface area (Å²) < 4.78 is 0. The minimum atomic E-state index is 0.585. The van der Waals surface area contributed by atoms with Gasteiger partial charge in [-0.25, -0.2) is 0 Å². The van der Waals surface area contributed by atoms with E-state index in [1.165, 1.54) is 5.34 Å². The zero-order chi connectivity index (χ0) is 8.95. The van der Waals surface area contributed by atoms with Gasteiger partial charge in [-0.05, 0) is 12.8 Å². The maximum Gasteiger partial charge on any atom is 0.152 e. The van der Waals surface area contributed by atoms with Gasteiger partial charge in [-0.1, -0.05) is 0 Å². The number of hydrogen-bond acceptors (Lipinski definition) is 4. The fourth-order valence-electron chi connectivity index (χ4n) is 0.408. The van der Waals surface area contributed by atoms with Crippen molar-refractivity contribution in [1.29, 1.82) is 10.5 Å². The van der Waals surface area contributed by atoms with E-state index in [9.17, 15) is 0 Å². The van der Waals surface area contributed by atoms with Gasteiger partial charge in [0.2, 0.25) is 0 Å². The van der Waals surface area contributed by atoms with Crippen LogP contribution in [0.25, 0.3) is 0 Å². The van der Waals surface area contributed by atoms with Gasteiger partial charge in [0.25, 0.3) is 0 Å². The van der Waals surface area contributed by atoms with Crippen molar-refractivity contribution in [3.63, 3.8) is 0 Å². The van der Waals surface area contributed by atoms with Crippen molar-refractivity contribution < 1.29 is 5.21 Å². The third-order valence-electron chi connectivity index (χ3n) is 0.827. The molecule has 0 aliphatic carbocycles. The largest absolute Gasteiger partial charge is 0.379 e. The highest BCUT2D eigenvalue weighted by molar-refractivity contribution is 4.72. The first-order valence-electron chi connectivity index (χ1n) is 3.04. The van der Waals surface area contributed by atoms with Crippen molar-refractivity contribution in [2.24, 2.45) is 5.34 Å². The Morgan fingerprint density at radius 3 is 1.64 bits per heavy atom. The lowest BCUT2D eigenvalue weighted by Gasteiger charge is -1.83. The van der Waals surface area contributed by atoms with Crippen molar-refractivity contribution in [2.75, 3.05) is 0 Å². The molecule has 0 aliphatic heterocycles. The maximum atomic E-state index is 8.11. The fraction of sp³-hybridized carbons (Fsp3) is 0.667. The Labute approximate surface area is 64.8 Å². The highest BCUT2D eigenvalue weighted by atomic mass is 16.6. The Kier molecular flexibility index (Phi) is 17.3. The Morgan fingerprint density at radius 2 is 1.45 bits per heavy atom. The van der Waals surface area contributed by atoms with Gasteiger partial charge < -0.3 is 5.21 Å². The summed E-state index contributed by atoms with van der Waals surface area (Å²) in [5.74, 6) is 0. The van der Waals surface area contributed by atoms with Gasteiger partial charge in [-0.3, -0.25) is 0 Å². The molecule has 0 saturated heterocycles. The van der Waals surface area contributed by atoms with Crippen LogP contribution in [0.5, 0.6) is 0 Å². The predicted octanol–water partition coefficient (Wildman–Crippen LogP) is 1.74. The van der Waals surface area contributed by atoms with Crippen LogP contribution >= 0.6 is 0 Å². The third kappa shape index (κ3) is 29.9. The van der Waals surface area contributed by atoms with Crippen molar-refractivity contribution in [2.45, 2.75) is 25.7 Å². The topological polar surface area (TPSA) is 97.2 Å². The van der Waals surface area contributed by atoms with Crippen LogP contribution in [0.2, 0.25) is 0 Å². The number of nitriles is 2. The average Bonchev–Trinajstić information content (AvgIpc) is 2.00. The van der Waals surface area contributed by atoms with Gasteiger partial charge in [0, 0.05) is 12.8 Å². The second-order valence-electron chi connectivity index (χ2n) is 1.60. The maximum absolute atomic E-state index is 8.11. The zero-order valence-corrected chi connectivity index (χ0v) is 6.03. The molecule has 60 valence electrons. The molecule has 0 heterocycles. The molecule has 0 rings (SSSR count). The van der Waals surface area contributed by atoms with Crippen LogP contribution in [-0.4, -0.2) is 5.21 Å². The summed E-state index contributed by atoms with van der Waals surface area (Å²) in [4.78, 5) is 8.11. The zero-order valence-electron chi connectivity index (χ0n) is 6.03. The Bertz CT molecular complexity index is 140. The number of hydrogen-bond donors (Lipinski definition) is 1. The second kappa shape index (κ2) is 15.8.